The fraction of sp³-hybridized carbons (Fsp3) is 0. The minimum absolute atomic E-state index is 0.676. The highest BCUT2D eigenvalue weighted by Gasteiger charge is 2.16. The molecule has 5 heteroatoms. The van der Waals surface area contributed by atoms with E-state index in [0.29, 0.717) is 5.84 Å². The molecule has 1 N–H and O–H groups in total. The summed E-state index contributed by atoms with van der Waals surface area (Å²) in [7, 11) is 0. The molecule has 0 unspecified atom stereocenters. The predicted octanol–water partition coefficient (Wildman–Crippen LogP) is 2.91. The number of nitrogens with zero attached hydrogens (tertiary/aromatic N) is 4. The Bertz CT molecular complexity index is 886. The van der Waals surface area contributed by atoms with Crippen LogP contribution in [-0.2, 0) is 0 Å². The van der Waals surface area contributed by atoms with Crippen molar-refractivity contribution in [3.05, 3.63) is 90.0 Å². The van der Waals surface area contributed by atoms with E-state index >= 15 is 0 Å². The van der Waals surface area contributed by atoms with E-state index in [1.54, 1.807) is 24.8 Å². The van der Waals surface area contributed by atoms with E-state index in [9.17, 15) is 0 Å². The van der Waals surface area contributed by atoms with Crippen LogP contribution in [0.5, 0.6) is 0 Å². The maximum absolute atomic E-state index is 4.72. The summed E-state index contributed by atoms with van der Waals surface area (Å²) in [5.41, 5.74) is 7.63. The molecule has 2 aromatic heterocycles. The molecule has 3 heterocycles. The van der Waals surface area contributed by atoms with Crippen LogP contribution in [0, 0.1) is 0 Å². The van der Waals surface area contributed by atoms with Gasteiger partial charge in [-0.2, -0.15) is 5.10 Å². The van der Waals surface area contributed by atoms with Crippen LogP contribution in [0.25, 0.3) is 0 Å². The molecule has 0 fully saturated rings. The van der Waals surface area contributed by atoms with Crippen LogP contribution in [0.3, 0.4) is 0 Å². The number of rotatable bonds is 2. The molecule has 0 amide bonds. The number of aliphatic imine (C=N–C) groups is 1. The monoisotopic (exact) mass is 299 g/mol. The SMILES string of the molecule is c1cncc(C2=Nc3ccccc3C(c3ccncc3)=NN2)c1. The number of aromatic nitrogens is 2. The first-order valence-electron chi connectivity index (χ1n) is 7.24. The number of amidine groups is 1. The van der Waals surface area contributed by atoms with Gasteiger partial charge in [0.1, 0.15) is 5.71 Å². The molecule has 3 aromatic rings. The maximum Gasteiger partial charge on any atom is 0.155 e. The van der Waals surface area contributed by atoms with Crippen molar-refractivity contribution in [1.29, 1.82) is 0 Å². The van der Waals surface area contributed by atoms with Gasteiger partial charge in [0.05, 0.1) is 5.69 Å². The summed E-state index contributed by atoms with van der Waals surface area (Å²) in [6.07, 6.45) is 7.02. The Morgan fingerprint density at radius 3 is 2.43 bits per heavy atom. The van der Waals surface area contributed by atoms with E-state index < -0.39 is 0 Å². The van der Waals surface area contributed by atoms with Gasteiger partial charge in [-0.3, -0.25) is 15.4 Å². The van der Waals surface area contributed by atoms with Gasteiger partial charge in [0.2, 0.25) is 0 Å². The second-order valence-electron chi connectivity index (χ2n) is 5.03. The normalized spacial score (nSPS) is 13.2. The summed E-state index contributed by atoms with van der Waals surface area (Å²) < 4.78 is 0. The molecule has 1 aliphatic heterocycles. The molecule has 23 heavy (non-hydrogen) atoms. The molecule has 0 atom stereocenters. The van der Waals surface area contributed by atoms with E-state index in [4.69, 9.17) is 4.99 Å². The molecule has 0 spiro atoms. The van der Waals surface area contributed by atoms with Crippen molar-refractivity contribution in [2.75, 3.05) is 0 Å². The van der Waals surface area contributed by atoms with Crippen molar-refractivity contribution in [3.8, 4) is 0 Å². The molecule has 0 saturated heterocycles. The Balaban J connectivity index is 1.87. The molecule has 0 radical (unpaired) electrons. The first-order valence-corrected chi connectivity index (χ1v) is 7.24. The van der Waals surface area contributed by atoms with Crippen molar-refractivity contribution >= 4 is 17.2 Å². The molecule has 0 aliphatic carbocycles. The van der Waals surface area contributed by atoms with Gasteiger partial charge >= 0.3 is 0 Å². The lowest BCUT2D eigenvalue weighted by atomic mass is 10.0. The smallest absolute Gasteiger partial charge is 0.155 e. The number of benzene rings is 1. The zero-order valence-electron chi connectivity index (χ0n) is 12.2. The largest absolute Gasteiger partial charge is 0.265 e. The van der Waals surface area contributed by atoms with Crippen molar-refractivity contribution in [3.63, 3.8) is 0 Å². The lowest BCUT2D eigenvalue weighted by Crippen LogP contribution is -2.19. The third kappa shape index (κ3) is 2.60. The zero-order valence-corrected chi connectivity index (χ0v) is 12.2. The average Bonchev–Trinajstić information content (AvgIpc) is 2.83. The van der Waals surface area contributed by atoms with Gasteiger partial charge in [-0.05, 0) is 30.3 Å². The van der Waals surface area contributed by atoms with Crippen LogP contribution in [0.2, 0.25) is 0 Å². The third-order valence-electron chi connectivity index (χ3n) is 3.55. The summed E-state index contributed by atoms with van der Waals surface area (Å²) in [5.74, 6) is 0.676. The number of fused-ring (bicyclic) bond motifs is 1. The number of para-hydroxylation sites is 1. The van der Waals surface area contributed by atoms with E-state index in [2.05, 4.69) is 20.5 Å². The Labute approximate surface area is 133 Å². The van der Waals surface area contributed by atoms with Gasteiger partial charge in [0.15, 0.2) is 5.84 Å². The summed E-state index contributed by atoms with van der Waals surface area (Å²) in [4.78, 5) is 12.9. The minimum Gasteiger partial charge on any atom is -0.265 e. The molecule has 1 aromatic carbocycles. The molecular formula is C18H13N5. The molecule has 1 aliphatic rings. The van der Waals surface area contributed by atoms with Crippen LogP contribution in [0.4, 0.5) is 5.69 Å². The fourth-order valence-corrected chi connectivity index (χ4v) is 2.45. The van der Waals surface area contributed by atoms with Gasteiger partial charge in [-0.1, -0.05) is 18.2 Å². The van der Waals surface area contributed by atoms with Gasteiger partial charge in [0, 0.05) is 41.5 Å². The summed E-state index contributed by atoms with van der Waals surface area (Å²) in [6.45, 7) is 0. The second kappa shape index (κ2) is 5.81. The van der Waals surface area contributed by atoms with E-state index in [1.165, 1.54) is 0 Å². The van der Waals surface area contributed by atoms with Gasteiger partial charge in [-0.25, -0.2) is 4.99 Å². The average molecular weight is 299 g/mol. The number of hydrogen-bond acceptors (Lipinski definition) is 5. The van der Waals surface area contributed by atoms with Gasteiger partial charge in [-0.15, -0.1) is 0 Å². The van der Waals surface area contributed by atoms with Crippen molar-refractivity contribution in [1.82, 2.24) is 15.4 Å². The molecular weight excluding hydrogens is 286 g/mol. The van der Waals surface area contributed by atoms with Crippen molar-refractivity contribution in [2.45, 2.75) is 0 Å². The van der Waals surface area contributed by atoms with E-state index in [1.807, 2.05) is 48.5 Å². The molecule has 110 valence electrons. The van der Waals surface area contributed by atoms with E-state index in [0.717, 1.165) is 28.1 Å². The Kier molecular flexibility index (Phi) is 3.37. The predicted molar refractivity (Wildman–Crippen MR) is 89.9 cm³/mol. The van der Waals surface area contributed by atoms with Gasteiger partial charge in [0.25, 0.3) is 0 Å². The Hall–Kier alpha value is -3.34. The highest BCUT2D eigenvalue weighted by molar-refractivity contribution is 6.17. The van der Waals surface area contributed by atoms with Crippen LogP contribution < -0.4 is 5.43 Å². The fourth-order valence-electron chi connectivity index (χ4n) is 2.45. The zero-order chi connectivity index (χ0) is 15.5. The molecule has 0 bridgehead atoms. The number of hydrogen-bond donors (Lipinski definition) is 1. The molecule has 5 nitrogen and oxygen atoms in total. The van der Waals surface area contributed by atoms with Crippen molar-refractivity contribution < 1.29 is 0 Å². The van der Waals surface area contributed by atoms with Gasteiger partial charge < -0.3 is 0 Å². The maximum atomic E-state index is 4.72. The number of hydrazone groups is 1. The summed E-state index contributed by atoms with van der Waals surface area (Å²) in [5, 5.41) is 4.57. The summed E-state index contributed by atoms with van der Waals surface area (Å²) >= 11 is 0. The topological polar surface area (TPSA) is 62.5 Å². The lowest BCUT2D eigenvalue weighted by molar-refractivity contribution is 1.03. The molecule has 0 saturated carbocycles. The van der Waals surface area contributed by atoms with Crippen LogP contribution >= 0.6 is 0 Å². The van der Waals surface area contributed by atoms with E-state index in [-0.39, 0.29) is 0 Å². The Morgan fingerprint density at radius 2 is 1.61 bits per heavy atom. The first kappa shape index (κ1) is 13.3. The highest BCUT2D eigenvalue weighted by Crippen LogP contribution is 2.25. The Morgan fingerprint density at radius 1 is 0.739 bits per heavy atom. The van der Waals surface area contributed by atoms with Crippen molar-refractivity contribution in [2.24, 2.45) is 10.1 Å². The first-order chi connectivity index (χ1) is 11.4. The standard InChI is InChI=1S/C18H13N5/c1-2-6-16-15(5-1)17(13-7-10-19-11-8-13)22-23-18(21-16)14-4-3-9-20-12-14/h1-12H,(H,21,23). The lowest BCUT2D eigenvalue weighted by Gasteiger charge is -2.06. The second-order valence-corrected chi connectivity index (χ2v) is 5.03. The van der Waals surface area contributed by atoms with Crippen LogP contribution in [-0.4, -0.2) is 21.5 Å². The summed E-state index contributed by atoms with van der Waals surface area (Å²) in [6, 6.07) is 15.7. The minimum atomic E-state index is 0.676. The molecule has 4 rings (SSSR count). The highest BCUT2D eigenvalue weighted by atomic mass is 15.3. The number of nitrogens with one attached hydrogen (secondary N) is 1. The van der Waals surface area contributed by atoms with Crippen LogP contribution in [0.15, 0.2) is 83.4 Å². The number of pyridine rings is 2. The van der Waals surface area contributed by atoms with Crippen LogP contribution in [0.1, 0.15) is 16.7 Å². The third-order valence-corrected chi connectivity index (χ3v) is 3.55. The quantitative estimate of drug-likeness (QED) is 0.791.